The van der Waals surface area contributed by atoms with Gasteiger partial charge in [-0.1, -0.05) is 134 Å². The Morgan fingerprint density at radius 1 is 0.509 bits per heavy atom. The highest BCUT2D eigenvalue weighted by molar-refractivity contribution is 7.47. The van der Waals surface area contributed by atoms with E-state index in [2.05, 4.69) is 59.4 Å². The molecule has 0 spiro atoms. The molecule has 57 heavy (non-hydrogen) atoms. The highest BCUT2D eigenvalue weighted by Crippen LogP contribution is 2.43. The van der Waals surface area contributed by atoms with Crippen molar-refractivity contribution in [1.29, 1.82) is 0 Å². The minimum absolute atomic E-state index is 0.119. The van der Waals surface area contributed by atoms with E-state index in [-0.39, 0.29) is 12.8 Å². The number of aliphatic hydroxyl groups excluding tert-OH is 1. The molecule has 0 saturated heterocycles. The van der Waals surface area contributed by atoms with Crippen LogP contribution in [0.5, 0.6) is 0 Å². The van der Waals surface area contributed by atoms with Crippen LogP contribution in [0, 0.1) is 0 Å². The Morgan fingerprint density at radius 3 is 1.44 bits per heavy atom. The number of allylic oxidation sites excluding steroid dienone is 6. The van der Waals surface area contributed by atoms with E-state index >= 15 is 0 Å². The summed E-state index contributed by atoms with van der Waals surface area (Å²) in [6.07, 6.45) is 37.0. The van der Waals surface area contributed by atoms with Crippen LogP contribution in [0.25, 0.3) is 0 Å². The first-order valence-corrected chi connectivity index (χ1v) is 24.7. The zero-order valence-corrected chi connectivity index (χ0v) is 37.0. The SMILES string of the molecule is CCCCC/C=C\C/C=C\CCCCCCCC(=O)OC[C@H](COP(=O)(O)OC[C@@H](O)COP(=O)(O)O)OC(=O)CCCCCCC/C=C\CCCCCCCC. The van der Waals surface area contributed by atoms with Crippen LogP contribution in [0.1, 0.15) is 181 Å². The van der Waals surface area contributed by atoms with Crippen molar-refractivity contribution in [2.45, 2.75) is 193 Å². The number of esters is 2. The van der Waals surface area contributed by atoms with Gasteiger partial charge in [0.1, 0.15) is 12.7 Å². The number of carbonyl (C=O) groups is 2. The van der Waals surface area contributed by atoms with Gasteiger partial charge < -0.3 is 29.3 Å². The van der Waals surface area contributed by atoms with E-state index in [0.29, 0.717) is 12.8 Å². The third kappa shape index (κ3) is 42.3. The van der Waals surface area contributed by atoms with Crippen molar-refractivity contribution in [3.8, 4) is 0 Å². The highest BCUT2D eigenvalue weighted by atomic mass is 31.2. The average Bonchev–Trinajstić information content (AvgIpc) is 3.17. The third-order valence-corrected chi connectivity index (χ3v) is 10.4. The van der Waals surface area contributed by atoms with Crippen LogP contribution in [0.3, 0.4) is 0 Å². The van der Waals surface area contributed by atoms with Gasteiger partial charge in [0.25, 0.3) is 0 Å². The number of hydrogen-bond acceptors (Lipinski definition) is 10. The Kier molecular flexibility index (Phi) is 37.4. The average molecular weight is 853 g/mol. The summed E-state index contributed by atoms with van der Waals surface area (Å²) in [5.74, 6) is -1.06. The van der Waals surface area contributed by atoms with Gasteiger partial charge >= 0.3 is 27.6 Å². The van der Waals surface area contributed by atoms with Crippen molar-refractivity contribution in [3.63, 3.8) is 0 Å². The number of unbranched alkanes of at least 4 members (excludes halogenated alkanes) is 19. The largest absolute Gasteiger partial charge is 0.472 e. The first-order chi connectivity index (χ1) is 27.4. The molecule has 0 rings (SSSR count). The Bertz CT molecular complexity index is 1150. The van der Waals surface area contributed by atoms with Crippen molar-refractivity contribution in [3.05, 3.63) is 36.5 Å². The molecule has 4 N–H and O–H groups in total. The highest BCUT2D eigenvalue weighted by Gasteiger charge is 2.28. The predicted octanol–water partition coefficient (Wildman–Crippen LogP) is 10.9. The van der Waals surface area contributed by atoms with Crippen molar-refractivity contribution in [1.82, 2.24) is 0 Å². The van der Waals surface area contributed by atoms with Crippen LogP contribution in [-0.2, 0) is 41.8 Å². The molecule has 15 heteroatoms. The molecule has 0 amide bonds. The molecule has 0 saturated carbocycles. The fourth-order valence-electron chi connectivity index (χ4n) is 5.67. The lowest BCUT2D eigenvalue weighted by molar-refractivity contribution is -0.161. The maximum Gasteiger partial charge on any atom is 0.472 e. The van der Waals surface area contributed by atoms with Crippen LogP contribution in [0.4, 0.5) is 0 Å². The third-order valence-electron chi connectivity index (χ3n) is 8.99. The number of aliphatic hydroxyl groups is 1. The molecule has 0 radical (unpaired) electrons. The van der Waals surface area contributed by atoms with Crippen LogP contribution in [-0.4, -0.2) is 70.4 Å². The second kappa shape index (κ2) is 38.5. The van der Waals surface area contributed by atoms with Gasteiger partial charge in [0.15, 0.2) is 6.10 Å². The summed E-state index contributed by atoms with van der Waals surface area (Å²) in [4.78, 5) is 52.6. The molecular weight excluding hydrogens is 774 g/mol. The standard InChI is InChI=1S/C42H78O13P2/c1-3-5-7-9-11-13-15-17-19-21-23-25-27-29-31-33-41(44)51-37-40(38-54-57(49,50)53-36-39(43)35-52-56(46,47)48)55-42(45)34-32-30-28-26-24-22-20-18-16-14-12-10-8-6-4-2/h11,13,17-20,39-40,43H,3-10,12,14-16,21-38H2,1-2H3,(H,49,50)(H2,46,47,48)/b13-11-,19-17-,20-18-/t39-,40+/m0/s1. The summed E-state index contributed by atoms with van der Waals surface area (Å²) in [6, 6.07) is 0. The van der Waals surface area contributed by atoms with Crippen LogP contribution >= 0.6 is 15.6 Å². The maximum atomic E-state index is 12.6. The first-order valence-electron chi connectivity index (χ1n) is 21.7. The Balaban J connectivity index is 4.56. The summed E-state index contributed by atoms with van der Waals surface area (Å²) in [7, 11) is -9.67. The smallest absolute Gasteiger partial charge is 0.462 e. The number of phosphoric acid groups is 2. The molecule has 0 fully saturated rings. The summed E-state index contributed by atoms with van der Waals surface area (Å²) >= 11 is 0. The van der Waals surface area contributed by atoms with Gasteiger partial charge in [-0.15, -0.1) is 0 Å². The van der Waals surface area contributed by atoms with E-state index in [1.54, 1.807) is 0 Å². The molecule has 0 aromatic rings. The Hall–Kier alpha value is -1.66. The lowest BCUT2D eigenvalue weighted by atomic mass is 10.1. The minimum Gasteiger partial charge on any atom is -0.462 e. The Labute approximate surface area is 344 Å². The number of rotatable bonds is 41. The van der Waals surface area contributed by atoms with E-state index in [4.69, 9.17) is 23.8 Å². The van der Waals surface area contributed by atoms with Gasteiger partial charge in [-0.3, -0.25) is 23.2 Å². The van der Waals surface area contributed by atoms with Crippen molar-refractivity contribution < 1.29 is 61.6 Å². The maximum absolute atomic E-state index is 12.6. The van der Waals surface area contributed by atoms with E-state index < -0.39 is 66.2 Å². The summed E-state index contributed by atoms with van der Waals surface area (Å²) < 4.78 is 47.7. The summed E-state index contributed by atoms with van der Waals surface area (Å²) in [5.41, 5.74) is 0. The molecule has 0 aliphatic carbocycles. The van der Waals surface area contributed by atoms with Crippen molar-refractivity contribution >= 4 is 27.6 Å². The van der Waals surface area contributed by atoms with Crippen LogP contribution < -0.4 is 0 Å². The second-order valence-electron chi connectivity index (χ2n) is 14.6. The van der Waals surface area contributed by atoms with Crippen LogP contribution in [0.15, 0.2) is 36.5 Å². The van der Waals surface area contributed by atoms with E-state index in [1.165, 1.54) is 57.8 Å². The van der Waals surface area contributed by atoms with Gasteiger partial charge in [-0.25, -0.2) is 9.13 Å². The molecular formula is C42H78O13P2. The lowest BCUT2D eigenvalue weighted by Gasteiger charge is -2.20. The van der Waals surface area contributed by atoms with Crippen molar-refractivity contribution in [2.75, 3.05) is 26.4 Å². The van der Waals surface area contributed by atoms with Gasteiger partial charge in [-0.2, -0.15) is 0 Å². The number of carbonyl (C=O) groups excluding carboxylic acids is 2. The molecule has 3 atom stereocenters. The minimum atomic E-state index is -4.86. The van der Waals surface area contributed by atoms with E-state index in [1.807, 2.05) is 0 Å². The van der Waals surface area contributed by atoms with Gasteiger partial charge in [0.05, 0.1) is 19.8 Å². The molecule has 1 unspecified atom stereocenters. The lowest BCUT2D eigenvalue weighted by Crippen LogP contribution is -2.30. The van der Waals surface area contributed by atoms with E-state index in [0.717, 1.165) is 83.5 Å². The number of phosphoric ester groups is 2. The molecule has 0 aliphatic rings. The number of ether oxygens (including phenoxy) is 2. The first kappa shape index (κ1) is 55.3. The normalized spacial score (nSPS) is 14.4. The van der Waals surface area contributed by atoms with Gasteiger partial charge in [0, 0.05) is 12.8 Å². The summed E-state index contributed by atoms with van der Waals surface area (Å²) in [6.45, 7) is 1.71. The van der Waals surface area contributed by atoms with Crippen LogP contribution in [0.2, 0.25) is 0 Å². The molecule has 334 valence electrons. The monoisotopic (exact) mass is 852 g/mol. The van der Waals surface area contributed by atoms with E-state index in [9.17, 15) is 28.7 Å². The fourth-order valence-corrected chi connectivity index (χ4v) is 6.82. The zero-order valence-electron chi connectivity index (χ0n) is 35.2. The molecule has 0 aromatic heterocycles. The molecule has 0 aromatic carbocycles. The molecule has 0 bridgehead atoms. The van der Waals surface area contributed by atoms with Crippen molar-refractivity contribution in [2.24, 2.45) is 0 Å². The molecule has 0 aliphatic heterocycles. The predicted molar refractivity (Wildman–Crippen MR) is 225 cm³/mol. The Morgan fingerprint density at radius 2 is 0.912 bits per heavy atom. The van der Waals surface area contributed by atoms with Gasteiger partial charge in [0.2, 0.25) is 0 Å². The zero-order chi connectivity index (χ0) is 42.3. The molecule has 13 nitrogen and oxygen atoms in total. The molecule has 0 heterocycles. The topological polar surface area (TPSA) is 195 Å². The fraction of sp³-hybridized carbons (Fsp3) is 0.810. The van der Waals surface area contributed by atoms with Gasteiger partial charge in [-0.05, 0) is 70.6 Å². The second-order valence-corrected chi connectivity index (χ2v) is 17.3. The number of hydrogen-bond donors (Lipinski definition) is 4. The quantitative estimate of drug-likeness (QED) is 0.0196. The summed E-state index contributed by atoms with van der Waals surface area (Å²) in [5, 5.41) is 9.74.